The van der Waals surface area contributed by atoms with E-state index in [0.717, 1.165) is 15.8 Å². The molecule has 0 spiro atoms. The van der Waals surface area contributed by atoms with E-state index in [9.17, 15) is 4.79 Å². The molecule has 0 aromatic heterocycles. The predicted octanol–water partition coefficient (Wildman–Crippen LogP) is 5.41. The molecule has 2 rings (SSSR count). The van der Waals surface area contributed by atoms with Crippen LogP contribution in [0.2, 0.25) is 5.02 Å². The molecule has 0 atom stereocenters. The van der Waals surface area contributed by atoms with Gasteiger partial charge >= 0.3 is 0 Å². The molecular formula is C15H12BrClO2. The van der Waals surface area contributed by atoms with E-state index in [1.54, 1.807) is 18.2 Å². The number of carbonyl (C=O) groups is 1. The lowest BCUT2D eigenvalue weighted by molar-refractivity contribution is 0.101. The molecule has 0 aliphatic heterocycles. The highest BCUT2D eigenvalue weighted by atomic mass is 79.9. The summed E-state index contributed by atoms with van der Waals surface area (Å²) < 4.78 is 6.72. The van der Waals surface area contributed by atoms with E-state index in [-0.39, 0.29) is 5.78 Å². The number of Topliss-reactive ketones (excluding diaryl/α,β-unsaturated/α-hetero) is 1. The van der Waals surface area contributed by atoms with Crippen molar-refractivity contribution in [2.24, 2.45) is 0 Å². The first kappa shape index (κ1) is 14.1. The first-order valence-corrected chi connectivity index (χ1v) is 6.89. The monoisotopic (exact) mass is 338 g/mol. The fraction of sp³-hybridized carbons (Fsp3) is 0.133. The number of benzene rings is 2. The van der Waals surface area contributed by atoms with Gasteiger partial charge in [0.15, 0.2) is 5.78 Å². The molecule has 19 heavy (non-hydrogen) atoms. The van der Waals surface area contributed by atoms with Gasteiger partial charge in [-0.1, -0.05) is 33.6 Å². The normalized spacial score (nSPS) is 10.3. The van der Waals surface area contributed by atoms with Gasteiger partial charge in [-0.15, -0.1) is 0 Å². The van der Waals surface area contributed by atoms with Crippen LogP contribution >= 0.6 is 27.5 Å². The molecule has 0 saturated carbocycles. The van der Waals surface area contributed by atoms with Crippen LogP contribution in [0.5, 0.6) is 11.5 Å². The molecule has 0 aliphatic rings. The maximum Gasteiger partial charge on any atom is 0.161 e. The van der Waals surface area contributed by atoms with Crippen molar-refractivity contribution < 1.29 is 9.53 Å². The van der Waals surface area contributed by atoms with Gasteiger partial charge in [-0.25, -0.2) is 0 Å². The van der Waals surface area contributed by atoms with Gasteiger partial charge in [0.05, 0.1) is 5.02 Å². The molecule has 0 N–H and O–H groups in total. The average Bonchev–Trinajstić information content (AvgIpc) is 2.33. The zero-order valence-corrected chi connectivity index (χ0v) is 12.9. The Hall–Kier alpha value is -1.32. The summed E-state index contributed by atoms with van der Waals surface area (Å²) in [7, 11) is 0. The Morgan fingerprint density at radius 3 is 2.58 bits per heavy atom. The largest absolute Gasteiger partial charge is 0.457 e. The van der Waals surface area contributed by atoms with Gasteiger partial charge in [0.2, 0.25) is 0 Å². The molecule has 0 bridgehead atoms. The van der Waals surface area contributed by atoms with Crippen molar-refractivity contribution in [3.63, 3.8) is 0 Å². The number of aryl methyl sites for hydroxylation is 1. The van der Waals surface area contributed by atoms with E-state index < -0.39 is 0 Å². The van der Waals surface area contributed by atoms with E-state index in [2.05, 4.69) is 15.9 Å². The smallest absolute Gasteiger partial charge is 0.161 e. The minimum Gasteiger partial charge on any atom is -0.457 e. The highest BCUT2D eigenvalue weighted by molar-refractivity contribution is 9.10. The van der Waals surface area contributed by atoms with Crippen LogP contribution in [0.4, 0.5) is 0 Å². The lowest BCUT2D eigenvalue weighted by Crippen LogP contribution is -1.94. The second-order valence-electron chi connectivity index (χ2n) is 4.21. The van der Waals surface area contributed by atoms with Crippen LogP contribution in [0.1, 0.15) is 22.8 Å². The number of rotatable bonds is 3. The van der Waals surface area contributed by atoms with Crippen LogP contribution < -0.4 is 4.74 Å². The van der Waals surface area contributed by atoms with Gasteiger partial charge < -0.3 is 4.74 Å². The third kappa shape index (κ3) is 3.37. The molecule has 2 aromatic rings. The van der Waals surface area contributed by atoms with Crippen LogP contribution in [0, 0.1) is 6.92 Å². The van der Waals surface area contributed by atoms with Crippen molar-refractivity contribution in [2.75, 3.05) is 0 Å². The molecular weight excluding hydrogens is 328 g/mol. The summed E-state index contributed by atoms with van der Waals surface area (Å²) in [6, 6.07) is 10.9. The Kier molecular flexibility index (Phi) is 4.27. The summed E-state index contributed by atoms with van der Waals surface area (Å²) in [6.07, 6.45) is 0. The molecule has 4 heteroatoms. The molecule has 2 aromatic carbocycles. The topological polar surface area (TPSA) is 26.3 Å². The maximum atomic E-state index is 11.3. The van der Waals surface area contributed by atoms with Gasteiger partial charge in [-0.2, -0.15) is 0 Å². The zero-order chi connectivity index (χ0) is 14.0. The third-order valence-electron chi connectivity index (χ3n) is 2.70. The van der Waals surface area contributed by atoms with Crippen molar-refractivity contribution in [1.29, 1.82) is 0 Å². The average molecular weight is 340 g/mol. The van der Waals surface area contributed by atoms with Gasteiger partial charge in [0.25, 0.3) is 0 Å². The molecule has 0 radical (unpaired) electrons. The highest BCUT2D eigenvalue weighted by Crippen LogP contribution is 2.30. The predicted molar refractivity (Wildman–Crippen MR) is 80.4 cm³/mol. The lowest BCUT2D eigenvalue weighted by atomic mass is 10.1. The molecule has 0 unspecified atom stereocenters. The molecule has 0 fully saturated rings. The Balaban J connectivity index is 2.31. The Morgan fingerprint density at radius 2 is 1.95 bits per heavy atom. The van der Waals surface area contributed by atoms with E-state index in [1.807, 2.05) is 25.1 Å². The molecule has 0 saturated heterocycles. The number of ether oxygens (including phenoxy) is 1. The summed E-state index contributed by atoms with van der Waals surface area (Å²) in [4.78, 5) is 11.3. The minimum absolute atomic E-state index is 0.0600. The van der Waals surface area contributed by atoms with Gasteiger partial charge in [0.1, 0.15) is 11.5 Å². The second kappa shape index (κ2) is 5.76. The van der Waals surface area contributed by atoms with Crippen molar-refractivity contribution in [1.82, 2.24) is 0 Å². The Labute approximate surface area is 125 Å². The van der Waals surface area contributed by atoms with Gasteiger partial charge in [-0.3, -0.25) is 4.79 Å². The van der Waals surface area contributed by atoms with Crippen molar-refractivity contribution in [2.45, 2.75) is 13.8 Å². The fourth-order valence-corrected chi connectivity index (χ4v) is 2.30. The number of ketones is 1. The molecule has 0 amide bonds. The summed E-state index contributed by atoms with van der Waals surface area (Å²) in [5, 5.41) is 0.401. The maximum absolute atomic E-state index is 11.3. The lowest BCUT2D eigenvalue weighted by Gasteiger charge is -2.10. The summed E-state index contributed by atoms with van der Waals surface area (Å²) in [5.74, 6) is 1.30. The van der Waals surface area contributed by atoms with Crippen LogP contribution in [0.3, 0.4) is 0 Å². The van der Waals surface area contributed by atoms with Crippen LogP contribution in [0.25, 0.3) is 0 Å². The third-order valence-corrected chi connectivity index (χ3v) is 3.50. The molecule has 0 heterocycles. The molecule has 0 aliphatic carbocycles. The van der Waals surface area contributed by atoms with E-state index in [1.165, 1.54) is 6.92 Å². The quantitative estimate of drug-likeness (QED) is 0.699. The number of carbonyl (C=O) groups excluding carboxylic acids is 1. The van der Waals surface area contributed by atoms with Crippen LogP contribution in [-0.2, 0) is 0 Å². The minimum atomic E-state index is -0.0600. The second-order valence-corrected chi connectivity index (χ2v) is 5.53. The number of hydrogen-bond acceptors (Lipinski definition) is 2. The van der Waals surface area contributed by atoms with E-state index in [4.69, 9.17) is 16.3 Å². The first-order valence-electron chi connectivity index (χ1n) is 5.72. The van der Waals surface area contributed by atoms with E-state index >= 15 is 0 Å². The van der Waals surface area contributed by atoms with Crippen molar-refractivity contribution in [3.05, 3.63) is 57.0 Å². The van der Waals surface area contributed by atoms with Gasteiger partial charge in [-0.05, 0) is 43.7 Å². The SMILES string of the molecule is CC(=O)c1ccc(Oc2cc(Br)ccc2C)cc1Cl. The zero-order valence-electron chi connectivity index (χ0n) is 10.5. The van der Waals surface area contributed by atoms with Crippen LogP contribution in [-0.4, -0.2) is 5.78 Å². The summed E-state index contributed by atoms with van der Waals surface area (Å²) in [6.45, 7) is 3.45. The molecule has 98 valence electrons. The van der Waals surface area contributed by atoms with Gasteiger partial charge in [0, 0.05) is 16.1 Å². The Bertz CT molecular complexity index is 638. The van der Waals surface area contributed by atoms with Crippen molar-refractivity contribution in [3.8, 4) is 11.5 Å². The number of hydrogen-bond donors (Lipinski definition) is 0. The first-order chi connectivity index (χ1) is 8.97. The van der Waals surface area contributed by atoms with Crippen LogP contribution in [0.15, 0.2) is 40.9 Å². The Morgan fingerprint density at radius 1 is 1.21 bits per heavy atom. The summed E-state index contributed by atoms with van der Waals surface area (Å²) >= 11 is 9.46. The molecule has 2 nitrogen and oxygen atoms in total. The standard InChI is InChI=1S/C15H12BrClO2/c1-9-3-4-11(16)7-15(9)19-12-5-6-13(10(2)18)14(17)8-12/h3-8H,1-2H3. The highest BCUT2D eigenvalue weighted by Gasteiger charge is 2.08. The van der Waals surface area contributed by atoms with E-state index in [0.29, 0.717) is 16.3 Å². The summed E-state index contributed by atoms with van der Waals surface area (Å²) in [5.41, 5.74) is 1.52. The fourth-order valence-electron chi connectivity index (χ4n) is 1.66. The number of halogens is 2. The van der Waals surface area contributed by atoms with Crippen molar-refractivity contribution >= 4 is 33.3 Å².